The van der Waals surface area contributed by atoms with E-state index in [4.69, 9.17) is 21.8 Å². The van der Waals surface area contributed by atoms with Gasteiger partial charge in [0.1, 0.15) is 6.04 Å². The predicted molar refractivity (Wildman–Crippen MR) is 107 cm³/mol. The molecule has 0 saturated carbocycles. The summed E-state index contributed by atoms with van der Waals surface area (Å²) in [5.41, 5.74) is 0.796. The van der Waals surface area contributed by atoms with Gasteiger partial charge in [0.15, 0.2) is 0 Å². The number of rotatable bonds is 9. The van der Waals surface area contributed by atoms with Crippen LogP contribution in [0.25, 0.3) is 0 Å². The standard InChI is InChI=1S/C18H24ClN3O5.ClH/c19-13-5-3-11(4-6-13)12(8-16(24)22-15(10-23)18(26)27)9-21-17(25)14-2-1-7-20-14;/h3-6,12,14-15,20,23H,1-2,7-10H2,(H,21,25)(H,22,24)(H,26,27);1H/t12-,14-,15-;/m0./s1. The van der Waals surface area contributed by atoms with Gasteiger partial charge in [0, 0.05) is 23.9 Å². The second kappa shape index (κ2) is 11.9. The number of benzene rings is 1. The van der Waals surface area contributed by atoms with Crippen molar-refractivity contribution in [3.63, 3.8) is 0 Å². The Balaban J connectivity index is 0.00000392. The van der Waals surface area contributed by atoms with Crippen molar-refractivity contribution in [2.24, 2.45) is 0 Å². The normalized spacial score (nSPS) is 17.9. The van der Waals surface area contributed by atoms with Gasteiger partial charge in [-0.05, 0) is 37.1 Å². The lowest BCUT2D eigenvalue weighted by Gasteiger charge is -2.20. The number of aliphatic carboxylic acids is 1. The zero-order chi connectivity index (χ0) is 19.8. The van der Waals surface area contributed by atoms with Crippen molar-refractivity contribution < 1.29 is 24.6 Å². The SMILES string of the molecule is Cl.O=C(C[C@@H](CNC(=O)[C@@H]1CCCN1)c1ccc(Cl)cc1)N[C@@H](CO)C(=O)O. The number of carbonyl (C=O) groups is 3. The first-order chi connectivity index (χ1) is 12.9. The van der Waals surface area contributed by atoms with Crippen LogP contribution in [-0.2, 0) is 14.4 Å². The first-order valence-corrected chi connectivity index (χ1v) is 9.18. The van der Waals surface area contributed by atoms with E-state index in [0.29, 0.717) is 5.02 Å². The highest BCUT2D eigenvalue weighted by molar-refractivity contribution is 6.30. The number of nitrogens with one attached hydrogen (secondary N) is 3. The van der Waals surface area contributed by atoms with Crippen LogP contribution >= 0.6 is 24.0 Å². The fraction of sp³-hybridized carbons (Fsp3) is 0.500. The molecule has 8 nitrogen and oxygen atoms in total. The number of halogens is 2. The van der Waals surface area contributed by atoms with Crippen molar-refractivity contribution in [2.45, 2.75) is 37.3 Å². The molecule has 1 heterocycles. The summed E-state index contributed by atoms with van der Waals surface area (Å²) in [6.45, 7) is 0.332. The highest BCUT2D eigenvalue weighted by Gasteiger charge is 2.25. The second-order valence-corrected chi connectivity index (χ2v) is 6.92. The zero-order valence-electron chi connectivity index (χ0n) is 15.2. The van der Waals surface area contributed by atoms with Crippen LogP contribution in [0, 0.1) is 0 Å². The summed E-state index contributed by atoms with van der Waals surface area (Å²) in [6, 6.07) is 5.32. The topological polar surface area (TPSA) is 128 Å². The molecule has 1 saturated heterocycles. The Bertz CT molecular complexity index is 666. The van der Waals surface area contributed by atoms with Crippen LogP contribution in [0.1, 0.15) is 30.7 Å². The molecule has 1 fully saturated rings. The minimum absolute atomic E-state index is 0. The van der Waals surface area contributed by atoms with Crippen molar-refractivity contribution in [3.05, 3.63) is 34.9 Å². The largest absolute Gasteiger partial charge is 0.480 e. The van der Waals surface area contributed by atoms with Crippen molar-refractivity contribution in [3.8, 4) is 0 Å². The molecule has 10 heteroatoms. The summed E-state index contributed by atoms with van der Waals surface area (Å²) in [7, 11) is 0. The number of carbonyl (C=O) groups excluding carboxylic acids is 2. The lowest BCUT2D eigenvalue weighted by atomic mass is 9.95. The molecule has 1 aromatic carbocycles. The Hall–Kier alpha value is -1.87. The summed E-state index contributed by atoms with van der Waals surface area (Å²) < 4.78 is 0. The van der Waals surface area contributed by atoms with E-state index in [1.807, 2.05) is 0 Å². The van der Waals surface area contributed by atoms with Crippen molar-refractivity contribution in [2.75, 3.05) is 19.7 Å². The third-order valence-corrected chi connectivity index (χ3v) is 4.74. The highest BCUT2D eigenvalue weighted by Crippen LogP contribution is 2.21. The van der Waals surface area contributed by atoms with Gasteiger partial charge in [-0.1, -0.05) is 23.7 Å². The Morgan fingerprint density at radius 3 is 2.46 bits per heavy atom. The van der Waals surface area contributed by atoms with E-state index in [-0.39, 0.29) is 43.2 Å². The van der Waals surface area contributed by atoms with Crippen molar-refractivity contribution >= 4 is 41.8 Å². The van der Waals surface area contributed by atoms with Gasteiger partial charge >= 0.3 is 5.97 Å². The third kappa shape index (κ3) is 7.27. The molecule has 0 aliphatic carbocycles. The van der Waals surface area contributed by atoms with Crippen LogP contribution < -0.4 is 16.0 Å². The van der Waals surface area contributed by atoms with E-state index < -0.39 is 24.5 Å². The molecular formula is C18H25Cl2N3O5. The molecule has 0 unspecified atom stereocenters. The molecule has 1 aromatic rings. The summed E-state index contributed by atoms with van der Waals surface area (Å²) in [4.78, 5) is 35.4. The maximum Gasteiger partial charge on any atom is 0.328 e. The number of hydrogen-bond acceptors (Lipinski definition) is 5. The predicted octanol–water partition coefficient (Wildman–Crippen LogP) is 0.665. The lowest BCUT2D eigenvalue weighted by Crippen LogP contribution is -2.45. The molecular weight excluding hydrogens is 409 g/mol. The van der Waals surface area contributed by atoms with Crippen LogP contribution in [0.15, 0.2) is 24.3 Å². The Morgan fingerprint density at radius 2 is 1.93 bits per heavy atom. The summed E-state index contributed by atoms with van der Waals surface area (Å²) in [5.74, 6) is -2.31. The minimum atomic E-state index is -1.36. The smallest absolute Gasteiger partial charge is 0.328 e. The molecule has 0 radical (unpaired) electrons. The Labute approximate surface area is 174 Å². The molecule has 0 bridgehead atoms. The number of aliphatic hydroxyl groups excluding tert-OH is 1. The quantitative estimate of drug-likeness (QED) is 0.389. The molecule has 2 amide bonds. The minimum Gasteiger partial charge on any atom is -0.480 e. The van der Waals surface area contributed by atoms with E-state index in [1.165, 1.54) is 0 Å². The van der Waals surface area contributed by atoms with Gasteiger partial charge in [0.05, 0.1) is 12.6 Å². The molecule has 2 rings (SSSR count). The molecule has 28 heavy (non-hydrogen) atoms. The highest BCUT2D eigenvalue weighted by atomic mass is 35.5. The molecule has 1 aliphatic rings. The summed E-state index contributed by atoms with van der Waals surface area (Å²) >= 11 is 5.91. The molecule has 156 valence electrons. The van der Waals surface area contributed by atoms with E-state index in [0.717, 1.165) is 24.9 Å². The van der Waals surface area contributed by atoms with Gasteiger partial charge in [0.25, 0.3) is 0 Å². The Morgan fingerprint density at radius 1 is 1.25 bits per heavy atom. The van der Waals surface area contributed by atoms with Gasteiger partial charge in [0.2, 0.25) is 11.8 Å². The monoisotopic (exact) mass is 433 g/mol. The maximum absolute atomic E-state index is 12.2. The van der Waals surface area contributed by atoms with Crippen LogP contribution in [-0.4, -0.2) is 59.8 Å². The van der Waals surface area contributed by atoms with Gasteiger partial charge < -0.3 is 26.2 Å². The zero-order valence-corrected chi connectivity index (χ0v) is 16.8. The number of aliphatic hydroxyl groups is 1. The van der Waals surface area contributed by atoms with E-state index in [1.54, 1.807) is 24.3 Å². The number of carboxylic acids is 1. The molecule has 5 N–H and O–H groups in total. The molecule has 0 spiro atoms. The van der Waals surface area contributed by atoms with Gasteiger partial charge in [-0.3, -0.25) is 9.59 Å². The average Bonchev–Trinajstić information content (AvgIpc) is 3.18. The van der Waals surface area contributed by atoms with Gasteiger partial charge in [-0.2, -0.15) is 0 Å². The molecule has 3 atom stereocenters. The fourth-order valence-electron chi connectivity index (χ4n) is 2.96. The van der Waals surface area contributed by atoms with E-state index in [2.05, 4.69) is 16.0 Å². The summed E-state index contributed by atoms with van der Waals surface area (Å²) in [5, 5.41) is 26.8. The number of carboxylic acid groups (broad SMARTS) is 1. The van der Waals surface area contributed by atoms with Gasteiger partial charge in [-0.15, -0.1) is 12.4 Å². The summed E-state index contributed by atoms with van der Waals surface area (Å²) in [6.07, 6.45) is 1.68. The van der Waals surface area contributed by atoms with E-state index >= 15 is 0 Å². The number of hydrogen-bond donors (Lipinski definition) is 5. The third-order valence-electron chi connectivity index (χ3n) is 4.49. The van der Waals surface area contributed by atoms with Crippen LogP contribution in [0.4, 0.5) is 0 Å². The average molecular weight is 434 g/mol. The second-order valence-electron chi connectivity index (χ2n) is 6.49. The lowest BCUT2D eigenvalue weighted by molar-refractivity contribution is -0.143. The van der Waals surface area contributed by atoms with Crippen LogP contribution in [0.5, 0.6) is 0 Å². The first-order valence-electron chi connectivity index (χ1n) is 8.80. The first kappa shape index (κ1) is 24.2. The van der Waals surface area contributed by atoms with Crippen molar-refractivity contribution in [1.29, 1.82) is 0 Å². The maximum atomic E-state index is 12.2. The number of amides is 2. The van der Waals surface area contributed by atoms with Crippen LogP contribution in [0.3, 0.4) is 0 Å². The Kier molecular flexibility index (Phi) is 10.2. The van der Waals surface area contributed by atoms with E-state index in [9.17, 15) is 14.4 Å². The van der Waals surface area contributed by atoms with Gasteiger partial charge in [-0.25, -0.2) is 4.79 Å². The van der Waals surface area contributed by atoms with Crippen LogP contribution in [0.2, 0.25) is 5.02 Å². The molecule has 0 aromatic heterocycles. The molecule has 1 aliphatic heterocycles. The van der Waals surface area contributed by atoms with Crippen molar-refractivity contribution in [1.82, 2.24) is 16.0 Å². The fourth-order valence-corrected chi connectivity index (χ4v) is 3.09.